The molecule has 0 bridgehead atoms. The Bertz CT molecular complexity index is 994. The molecule has 0 unspecified atom stereocenters. The van der Waals surface area contributed by atoms with Gasteiger partial charge in [0.25, 0.3) is 0 Å². The van der Waals surface area contributed by atoms with Gasteiger partial charge in [-0.3, -0.25) is 4.79 Å². The minimum absolute atomic E-state index is 0.0361. The fourth-order valence-electron chi connectivity index (χ4n) is 4.50. The summed E-state index contributed by atoms with van der Waals surface area (Å²) in [7, 11) is 0. The smallest absolute Gasteiger partial charge is 0.248 e. The van der Waals surface area contributed by atoms with Crippen molar-refractivity contribution in [2.45, 2.75) is 44.6 Å². The number of amides is 1. The van der Waals surface area contributed by atoms with Crippen LogP contribution in [0.15, 0.2) is 30.3 Å². The summed E-state index contributed by atoms with van der Waals surface area (Å²) < 4.78 is 73.7. The van der Waals surface area contributed by atoms with Crippen LogP contribution in [0.4, 0.5) is 33.3 Å². The summed E-state index contributed by atoms with van der Waals surface area (Å²) in [5, 5.41) is 2.51. The van der Waals surface area contributed by atoms with Gasteiger partial charge in [-0.2, -0.15) is 0 Å². The first-order chi connectivity index (χ1) is 15.6. The zero-order valence-corrected chi connectivity index (χ0v) is 18.1. The highest BCUT2D eigenvalue weighted by atomic mass is 19.3. The molecule has 2 aliphatic rings. The van der Waals surface area contributed by atoms with E-state index in [9.17, 15) is 26.7 Å². The Morgan fingerprint density at radius 3 is 2.42 bits per heavy atom. The summed E-state index contributed by atoms with van der Waals surface area (Å²) in [5.41, 5.74) is 1.55. The molecular formula is C24H25F5N2O2. The van der Waals surface area contributed by atoms with Gasteiger partial charge in [-0.15, -0.1) is 0 Å². The van der Waals surface area contributed by atoms with Crippen LogP contribution in [-0.2, 0) is 9.53 Å². The monoisotopic (exact) mass is 468 g/mol. The number of alkyl halides is 2. The van der Waals surface area contributed by atoms with Gasteiger partial charge in [-0.25, -0.2) is 22.0 Å². The maximum atomic E-state index is 14.8. The van der Waals surface area contributed by atoms with Crippen LogP contribution in [0.5, 0.6) is 0 Å². The molecule has 1 aliphatic heterocycles. The van der Waals surface area contributed by atoms with E-state index in [-0.39, 0.29) is 37.5 Å². The summed E-state index contributed by atoms with van der Waals surface area (Å²) in [4.78, 5) is 14.1. The lowest BCUT2D eigenvalue weighted by molar-refractivity contribution is -0.129. The maximum absolute atomic E-state index is 14.8. The van der Waals surface area contributed by atoms with Crippen molar-refractivity contribution in [3.8, 4) is 0 Å². The number of halogens is 5. The quantitative estimate of drug-likeness (QED) is 0.568. The SMILES string of the molecule is Cc1cc(N2CCO[C@H](c3cc(F)cc(F)c3)CC2)cc(F)c1NC(=O)CC1CC(F)(F)C1. The average Bonchev–Trinajstić information content (AvgIpc) is 2.95. The van der Waals surface area contributed by atoms with E-state index in [0.29, 0.717) is 36.3 Å². The molecule has 1 atom stereocenters. The summed E-state index contributed by atoms with van der Waals surface area (Å²) >= 11 is 0. The Morgan fingerprint density at radius 1 is 1.09 bits per heavy atom. The first-order valence-electron chi connectivity index (χ1n) is 10.9. The average molecular weight is 468 g/mol. The molecule has 2 aromatic rings. The number of nitrogens with one attached hydrogen (secondary N) is 1. The first-order valence-corrected chi connectivity index (χ1v) is 10.9. The Labute approximate surface area is 188 Å². The molecule has 1 heterocycles. The second kappa shape index (κ2) is 9.29. The van der Waals surface area contributed by atoms with E-state index >= 15 is 0 Å². The summed E-state index contributed by atoms with van der Waals surface area (Å²) in [6.07, 6.45) is -0.735. The van der Waals surface area contributed by atoms with Crippen LogP contribution < -0.4 is 10.2 Å². The van der Waals surface area contributed by atoms with Gasteiger partial charge in [0.05, 0.1) is 18.4 Å². The highest BCUT2D eigenvalue weighted by molar-refractivity contribution is 5.92. The predicted octanol–water partition coefficient (Wildman–Crippen LogP) is 5.75. The lowest BCUT2D eigenvalue weighted by Gasteiger charge is -2.34. The van der Waals surface area contributed by atoms with Crippen molar-refractivity contribution in [2.75, 3.05) is 29.9 Å². The third kappa shape index (κ3) is 5.63. The van der Waals surface area contributed by atoms with Crippen molar-refractivity contribution in [1.29, 1.82) is 0 Å². The Morgan fingerprint density at radius 2 is 1.79 bits per heavy atom. The fourth-order valence-corrected chi connectivity index (χ4v) is 4.50. The third-order valence-electron chi connectivity index (χ3n) is 6.15. The zero-order chi connectivity index (χ0) is 23.8. The van der Waals surface area contributed by atoms with E-state index < -0.39 is 35.4 Å². The van der Waals surface area contributed by atoms with Gasteiger partial charge in [0, 0.05) is 44.1 Å². The normalized spacial score (nSPS) is 20.8. The number of rotatable bonds is 5. The minimum atomic E-state index is -2.70. The van der Waals surface area contributed by atoms with Crippen LogP contribution in [0.25, 0.3) is 0 Å². The first kappa shape index (κ1) is 23.5. The molecule has 0 aromatic heterocycles. The van der Waals surface area contributed by atoms with Gasteiger partial charge in [0.15, 0.2) is 0 Å². The number of hydrogen-bond donors (Lipinski definition) is 1. The van der Waals surface area contributed by atoms with Crippen LogP contribution >= 0.6 is 0 Å². The third-order valence-corrected chi connectivity index (χ3v) is 6.15. The summed E-state index contributed by atoms with van der Waals surface area (Å²) in [6, 6.07) is 6.34. The fraction of sp³-hybridized carbons (Fsp3) is 0.458. The molecule has 0 spiro atoms. The molecule has 1 aliphatic carbocycles. The van der Waals surface area contributed by atoms with Gasteiger partial charge < -0.3 is 15.0 Å². The van der Waals surface area contributed by atoms with Crippen molar-refractivity contribution < 1.29 is 31.5 Å². The highest BCUT2D eigenvalue weighted by Gasteiger charge is 2.45. The van der Waals surface area contributed by atoms with E-state index in [4.69, 9.17) is 4.74 Å². The largest absolute Gasteiger partial charge is 0.372 e. The molecule has 1 amide bonds. The molecule has 1 saturated carbocycles. The molecule has 2 fully saturated rings. The van der Waals surface area contributed by atoms with E-state index in [1.165, 1.54) is 18.2 Å². The lowest BCUT2D eigenvalue weighted by atomic mass is 9.79. The molecule has 1 N–H and O–H groups in total. The van der Waals surface area contributed by atoms with Gasteiger partial charge in [-0.1, -0.05) is 0 Å². The number of hydrogen-bond acceptors (Lipinski definition) is 3. The molecule has 4 nitrogen and oxygen atoms in total. The highest BCUT2D eigenvalue weighted by Crippen LogP contribution is 2.44. The molecule has 2 aromatic carbocycles. The number of benzene rings is 2. The Kier molecular flexibility index (Phi) is 6.61. The van der Waals surface area contributed by atoms with E-state index in [2.05, 4.69) is 5.32 Å². The van der Waals surface area contributed by atoms with Gasteiger partial charge >= 0.3 is 0 Å². The number of aryl methyl sites for hydroxylation is 1. The topological polar surface area (TPSA) is 41.6 Å². The molecule has 33 heavy (non-hydrogen) atoms. The number of anilines is 2. The Hall–Kier alpha value is -2.68. The molecule has 0 radical (unpaired) electrons. The zero-order valence-electron chi connectivity index (χ0n) is 18.1. The summed E-state index contributed by atoms with van der Waals surface area (Å²) in [6.45, 7) is 2.87. The molecule has 1 saturated heterocycles. The van der Waals surface area contributed by atoms with Crippen LogP contribution in [0, 0.1) is 30.3 Å². The number of carbonyl (C=O) groups is 1. The van der Waals surface area contributed by atoms with E-state index in [1.807, 2.05) is 4.90 Å². The lowest BCUT2D eigenvalue weighted by Crippen LogP contribution is -2.37. The Balaban J connectivity index is 1.40. The van der Waals surface area contributed by atoms with Crippen molar-refractivity contribution in [3.63, 3.8) is 0 Å². The molecule has 9 heteroatoms. The maximum Gasteiger partial charge on any atom is 0.248 e. The van der Waals surface area contributed by atoms with Crippen molar-refractivity contribution >= 4 is 17.3 Å². The van der Waals surface area contributed by atoms with Gasteiger partial charge in [0.2, 0.25) is 11.8 Å². The van der Waals surface area contributed by atoms with Crippen molar-refractivity contribution in [2.24, 2.45) is 5.92 Å². The number of ether oxygens (including phenoxy) is 1. The molecular weight excluding hydrogens is 443 g/mol. The molecule has 178 valence electrons. The van der Waals surface area contributed by atoms with E-state index in [1.54, 1.807) is 13.0 Å². The van der Waals surface area contributed by atoms with Crippen molar-refractivity contribution in [1.82, 2.24) is 0 Å². The number of nitrogens with zero attached hydrogens (tertiary/aromatic N) is 1. The van der Waals surface area contributed by atoms with Crippen LogP contribution in [0.3, 0.4) is 0 Å². The predicted molar refractivity (Wildman–Crippen MR) is 114 cm³/mol. The van der Waals surface area contributed by atoms with Crippen LogP contribution in [0.2, 0.25) is 0 Å². The van der Waals surface area contributed by atoms with Gasteiger partial charge in [-0.05, 0) is 54.7 Å². The summed E-state index contributed by atoms with van der Waals surface area (Å²) in [5.74, 6) is -5.54. The van der Waals surface area contributed by atoms with Crippen molar-refractivity contribution in [3.05, 3.63) is 58.9 Å². The molecule has 4 rings (SSSR count). The van der Waals surface area contributed by atoms with Crippen LogP contribution in [-0.4, -0.2) is 31.5 Å². The second-order valence-electron chi connectivity index (χ2n) is 8.84. The van der Waals surface area contributed by atoms with Gasteiger partial charge in [0.1, 0.15) is 17.5 Å². The minimum Gasteiger partial charge on any atom is -0.372 e. The van der Waals surface area contributed by atoms with Crippen LogP contribution in [0.1, 0.15) is 42.9 Å². The second-order valence-corrected chi connectivity index (χ2v) is 8.84. The standard InChI is InChI=1S/C24H25F5N2O2/c1-14-6-19(11-20(27)23(14)30-22(32)7-15-12-24(28,29)13-15)31-3-2-21(33-5-4-31)16-8-17(25)10-18(26)9-16/h6,8-11,15,21H,2-5,7,12-13H2,1H3,(H,30,32)/t21-/m0/s1. The van der Waals surface area contributed by atoms with E-state index in [0.717, 1.165) is 6.07 Å². The number of carbonyl (C=O) groups excluding carboxylic acids is 1.